The quantitative estimate of drug-likeness (QED) is 0.675. The van der Waals surface area contributed by atoms with E-state index in [1.165, 1.54) is 18.2 Å². The molecule has 74 valence electrons. The van der Waals surface area contributed by atoms with Gasteiger partial charge in [-0.3, -0.25) is 0 Å². The maximum absolute atomic E-state index is 10.6. The standard InChI is InChI=1S/C12H8O3/c1-2-3-4-5-9-6-7-10(12(14)15)11(13)8-9/h6-8,13H,1H3,(H,14,15). The minimum Gasteiger partial charge on any atom is -0.507 e. The number of carboxylic acid groups (broad SMARTS) is 1. The Morgan fingerprint density at radius 1 is 1.33 bits per heavy atom. The van der Waals surface area contributed by atoms with Gasteiger partial charge in [-0.05, 0) is 37.0 Å². The van der Waals surface area contributed by atoms with Crippen LogP contribution >= 0.6 is 0 Å². The second kappa shape index (κ2) is 4.74. The van der Waals surface area contributed by atoms with Crippen LogP contribution in [0.5, 0.6) is 5.75 Å². The van der Waals surface area contributed by atoms with Gasteiger partial charge in [0.2, 0.25) is 0 Å². The van der Waals surface area contributed by atoms with Crippen molar-refractivity contribution in [3.8, 4) is 29.4 Å². The average Bonchev–Trinajstić information content (AvgIpc) is 2.17. The highest BCUT2D eigenvalue weighted by Crippen LogP contribution is 2.17. The van der Waals surface area contributed by atoms with Crippen LogP contribution in [0.2, 0.25) is 0 Å². The van der Waals surface area contributed by atoms with Crippen molar-refractivity contribution >= 4 is 5.97 Å². The molecule has 0 fully saturated rings. The van der Waals surface area contributed by atoms with E-state index in [0.29, 0.717) is 5.56 Å². The molecular weight excluding hydrogens is 192 g/mol. The Hall–Kier alpha value is -2.39. The highest BCUT2D eigenvalue weighted by Gasteiger charge is 2.08. The molecule has 2 N–H and O–H groups in total. The molecule has 0 saturated heterocycles. The Morgan fingerprint density at radius 2 is 2.07 bits per heavy atom. The van der Waals surface area contributed by atoms with Crippen molar-refractivity contribution in [1.82, 2.24) is 0 Å². The fraction of sp³-hybridized carbons (Fsp3) is 0.0833. The summed E-state index contributed by atoms with van der Waals surface area (Å²) in [6, 6.07) is 4.13. The zero-order chi connectivity index (χ0) is 11.3. The lowest BCUT2D eigenvalue weighted by Gasteiger charge is -1.98. The lowest BCUT2D eigenvalue weighted by Crippen LogP contribution is -1.96. The molecule has 15 heavy (non-hydrogen) atoms. The largest absolute Gasteiger partial charge is 0.507 e. The molecule has 1 aromatic carbocycles. The van der Waals surface area contributed by atoms with Crippen molar-refractivity contribution in [2.24, 2.45) is 0 Å². The van der Waals surface area contributed by atoms with Crippen LogP contribution in [-0.2, 0) is 0 Å². The predicted molar refractivity (Wildman–Crippen MR) is 55.4 cm³/mol. The van der Waals surface area contributed by atoms with E-state index in [1.807, 2.05) is 0 Å². The zero-order valence-electron chi connectivity index (χ0n) is 8.03. The maximum atomic E-state index is 10.6. The second-order valence-corrected chi connectivity index (χ2v) is 2.66. The molecule has 1 rings (SSSR count). The smallest absolute Gasteiger partial charge is 0.339 e. The highest BCUT2D eigenvalue weighted by molar-refractivity contribution is 5.90. The van der Waals surface area contributed by atoms with Gasteiger partial charge in [-0.15, -0.1) is 0 Å². The van der Waals surface area contributed by atoms with Gasteiger partial charge in [0.05, 0.1) is 0 Å². The topological polar surface area (TPSA) is 57.5 Å². The van der Waals surface area contributed by atoms with E-state index in [1.54, 1.807) is 6.92 Å². The molecule has 1 aromatic rings. The van der Waals surface area contributed by atoms with Gasteiger partial charge in [-0.2, -0.15) is 0 Å². The van der Waals surface area contributed by atoms with Crippen molar-refractivity contribution in [1.29, 1.82) is 0 Å². The molecule has 0 radical (unpaired) electrons. The van der Waals surface area contributed by atoms with Crippen LogP contribution in [0.15, 0.2) is 18.2 Å². The molecule has 0 unspecified atom stereocenters. The maximum Gasteiger partial charge on any atom is 0.339 e. The SMILES string of the molecule is CC#CC#Cc1ccc(C(=O)O)c(O)c1. The molecular formula is C12H8O3. The summed E-state index contributed by atoms with van der Waals surface area (Å²) in [7, 11) is 0. The first-order valence-electron chi connectivity index (χ1n) is 4.14. The Balaban J connectivity index is 3.07. The van der Waals surface area contributed by atoms with Gasteiger partial charge in [-0.1, -0.05) is 11.8 Å². The molecule has 0 spiro atoms. The first-order valence-corrected chi connectivity index (χ1v) is 4.14. The number of aromatic carboxylic acids is 1. The molecule has 0 bridgehead atoms. The van der Waals surface area contributed by atoms with Gasteiger partial charge in [-0.25, -0.2) is 4.79 Å². The van der Waals surface area contributed by atoms with Gasteiger partial charge in [0.15, 0.2) is 0 Å². The van der Waals surface area contributed by atoms with Crippen molar-refractivity contribution in [3.05, 3.63) is 29.3 Å². The van der Waals surface area contributed by atoms with Crippen LogP contribution < -0.4 is 0 Å². The lowest BCUT2D eigenvalue weighted by atomic mass is 10.1. The number of phenols is 1. The fourth-order valence-electron chi connectivity index (χ4n) is 0.956. The van der Waals surface area contributed by atoms with Crippen LogP contribution in [-0.4, -0.2) is 16.2 Å². The number of benzene rings is 1. The zero-order valence-corrected chi connectivity index (χ0v) is 8.03. The van der Waals surface area contributed by atoms with E-state index in [4.69, 9.17) is 5.11 Å². The van der Waals surface area contributed by atoms with E-state index in [9.17, 15) is 9.90 Å². The number of rotatable bonds is 1. The Labute approximate surface area is 87.4 Å². The summed E-state index contributed by atoms with van der Waals surface area (Å²) >= 11 is 0. The van der Waals surface area contributed by atoms with Gasteiger partial charge >= 0.3 is 5.97 Å². The van der Waals surface area contributed by atoms with E-state index >= 15 is 0 Å². The average molecular weight is 200 g/mol. The number of aromatic hydroxyl groups is 1. The van der Waals surface area contributed by atoms with Crippen molar-refractivity contribution < 1.29 is 15.0 Å². The molecule has 0 atom stereocenters. The van der Waals surface area contributed by atoms with Gasteiger partial charge in [0.25, 0.3) is 0 Å². The molecule has 0 aliphatic heterocycles. The minimum absolute atomic E-state index is 0.137. The molecule has 3 nitrogen and oxygen atoms in total. The third kappa shape index (κ3) is 2.79. The molecule has 3 heteroatoms. The van der Waals surface area contributed by atoms with Gasteiger partial charge in [0.1, 0.15) is 11.3 Å². The summed E-state index contributed by atoms with van der Waals surface area (Å²) in [4.78, 5) is 10.6. The normalized spacial score (nSPS) is 8.07. The van der Waals surface area contributed by atoms with E-state index in [2.05, 4.69) is 23.7 Å². The van der Waals surface area contributed by atoms with Crippen molar-refractivity contribution in [2.45, 2.75) is 6.92 Å². The van der Waals surface area contributed by atoms with Crippen molar-refractivity contribution in [2.75, 3.05) is 0 Å². The molecule has 0 saturated carbocycles. The first-order chi connectivity index (χ1) is 7.15. The third-order valence-corrected chi connectivity index (χ3v) is 1.62. The minimum atomic E-state index is -1.17. The van der Waals surface area contributed by atoms with E-state index in [-0.39, 0.29) is 11.3 Å². The summed E-state index contributed by atoms with van der Waals surface area (Å²) < 4.78 is 0. The van der Waals surface area contributed by atoms with Crippen LogP contribution in [0.25, 0.3) is 0 Å². The first kappa shape index (κ1) is 10.7. The van der Waals surface area contributed by atoms with Crippen LogP contribution in [0.1, 0.15) is 22.8 Å². The fourth-order valence-corrected chi connectivity index (χ4v) is 0.956. The summed E-state index contributed by atoms with van der Waals surface area (Å²) in [5, 5.41) is 18.0. The number of carboxylic acids is 1. The van der Waals surface area contributed by atoms with Crippen molar-refractivity contribution in [3.63, 3.8) is 0 Å². The monoisotopic (exact) mass is 200 g/mol. The van der Waals surface area contributed by atoms with Gasteiger partial charge < -0.3 is 10.2 Å². The van der Waals surface area contributed by atoms with Crippen LogP contribution in [0, 0.1) is 23.7 Å². The Kier molecular flexibility index (Phi) is 3.38. The molecule has 0 amide bonds. The third-order valence-electron chi connectivity index (χ3n) is 1.62. The highest BCUT2D eigenvalue weighted by atomic mass is 16.4. The lowest BCUT2D eigenvalue weighted by molar-refractivity contribution is 0.0694. The van der Waals surface area contributed by atoms with Crippen LogP contribution in [0.3, 0.4) is 0 Å². The summed E-state index contributed by atoms with van der Waals surface area (Å²) in [5.41, 5.74) is 0.391. The Morgan fingerprint density at radius 3 is 2.60 bits per heavy atom. The summed E-state index contributed by atoms with van der Waals surface area (Å²) in [6.07, 6.45) is 0. The van der Waals surface area contributed by atoms with Gasteiger partial charge in [0, 0.05) is 5.56 Å². The number of hydrogen-bond donors (Lipinski definition) is 2. The number of hydrogen-bond acceptors (Lipinski definition) is 2. The van der Waals surface area contributed by atoms with E-state index in [0.717, 1.165) is 0 Å². The number of carbonyl (C=O) groups is 1. The predicted octanol–water partition coefficient (Wildman–Crippen LogP) is 1.47. The Bertz CT molecular complexity index is 507. The molecule has 0 aliphatic rings. The second-order valence-electron chi connectivity index (χ2n) is 2.66. The summed E-state index contributed by atoms with van der Waals surface area (Å²) in [6.45, 7) is 1.67. The van der Waals surface area contributed by atoms with Crippen LogP contribution in [0.4, 0.5) is 0 Å². The van der Waals surface area contributed by atoms with E-state index < -0.39 is 5.97 Å². The molecule has 0 heterocycles. The molecule has 0 aliphatic carbocycles. The molecule has 0 aromatic heterocycles. The summed E-state index contributed by atoms with van der Waals surface area (Å²) in [5.74, 6) is 8.92.